The molecule has 146 valence electrons. The first-order chi connectivity index (χ1) is 13.5. The number of rotatable bonds is 6. The number of aromatic nitrogens is 4. The topological polar surface area (TPSA) is 64.4 Å². The number of nitrogens with zero attached hydrogens (tertiary/aromatic N) is 5. The van der Waals surface area contributed by atoms with Gasteiger partial charge in [-0.1, -0.05) is 30.3 Å². The Labute approximate surface area is 165 Å². The van der Waals surface area contributed by atoms with Crippen molar-refractivity contribution >= 4 is 16.7 Å². The summed E-state index contributed by atoms with van der Waals surface area (Å²) in [5.41, 5.74) is 13.3. The summed E-state index contributed by atoms with van der Waals surface area (Å²) in [7, 11) is 4.14. The molecule has 3 aromatic heterocycles. The Morgan fingerprint density at radius 2 is 1.79 bits per heavy atom. The Hall–Kier alpha value is -2.70. The summed E-state index contributed by atoms with van der Waals surface area (Å²) in [5.74, 6) is 0.888. The van der Waals surface area contributed by atoms with Crippen molar-refractivity contribution in [3.05, 3.63) is 65.1 Å². The highest BCUT2D eigenvalue weighted by Gasteiger charge is 2.19. The average molecular weight is 377 g/mol. The second-order valence-electron chi connectivity index (χ2n) is 7.83. The van der Waals surface area contributed by atoms with E-state index in [-0.39, 0.29) is 6.04 Å². The van der Waals surface area contributed by atoms with Crippen LogP contribution in [0.15, 0.2) is 42.5 Å². The summed E-state index contributed by atoms with van der Waals surface area (Å²) in [5, 5.41) is 8.79. The van der Waals surface area contributed by atoms with Crippen LogP contribution in [0.2, 0.25) is 0 Å². The van der Waals surface area contributed by atoms with Crippen LogP contribution in [0.4, 0.5) is 0 Å². The van der Waals surface area contributed by atoms with Crippen molar-refractivity contribution in [1.82, 2.24) is 24.1 Å². The van der Waals surface area contributed by atoms with Gasteiger partial charge in [-0.05, 0) is 58.6 Å². The summed E-state index contributed by atoms with van der Waals surface area (Å²) < 4.78 is 4.50. The lowest BCUT2D eigenvalue weighted by Gasteiger charge is -2.17. The third-order valence-corrected chi connectivity index (χ3v) is 5.41. The number of hydrogen-bond acceptors (Lipinski definition) is 4. The highest BCUT2D eigenvalue weighted by Crippen LogP contribution is 2.29. The molecule has 0 radical (unpaired) electrons. The number of nitrogens with two attached hydrogens (primary N) is 1. The summed E-state index contributed by atoms with van der Waals surface area (Å²) in [6, 6.07) is 14.9. The summed E-state index contributed by atoms with van der Waals surface area (Å²) in [6.45, 7) is 5.91. The van der Waals surface area contributed by atoms with Gasteiger partial charge in [0.05, 0.1) is 11.0 Å². The summed E-state index contributed by atoms with van der Waals surface area (Å²) in [6.07, 6.45) is 0.873. The molecule has 0 amide bonds. The van der Waals surface area contributed by atoms with Gasteiger partial charge in [0.2, 0.25) is 0 Å². The van der Waals surface area contributed by atoms with Gasteiger partial charge in [0.15, 0.2) is 5.65 Å². The minimum atomic E-state index is -0.0849. The molecule has 4 rings (SSSR count). The van der Waals surface area contributed by atoms with E-state index < -0.39 is 0 Å². The van der Waals surface area contributed by atoms with E-state index in [0.717, 1.165) is 42.1 Å². The molecular formula is C22H28N6. The monoisotopic (exact) mass is 376 g/mol. The molecule has 0 aliphatic rings. The number of aryl methyl sites for hydroxylation is 2. The molecule has 2 N–H and O–H groups in total. The average Bonchev–Trinajstić information content (AvgIpc) is 3.20. The lowest BCUT2D eigenvalue weighted by atomic mass is 10.0. The molecular weight excluding hydrogens is 348 g/mol. The molecule has 0 fully saturated rings. The highest BCUT2D eigenvalue weighted by atomic mass is 15.3. The zero-order chi connectivity index (χ0) is 19.8. The molecule has 4 aromatic rings. The molecule has 6 heteroatoms. The van der Waals surface area contributed by atoms with Crippen LogP contribution in [-0.2, 0) is 6.54 Å². The SMILES string of the molecule is Cc1cc2c(cc(C(N)CCN(C)C)c3nnc(C)n32)n1Cc1ccccc1. The predicted molar refractivity (Wildman–Crippen MR) is 114 cm³/mol. The fourth-order valence-corrected chi connectivity index (χ4v) is 3.86. The Bertz CT molecular complexity index is 1110. The van der Waals surface area contributed by atoms with Crippen LogP contribution in [0.3, 0.4) is 0 Å². The quantitative estimate of drug-likeness (QED) is 0.561. The van der Waals surface area contributed by atoms with Crippen LogP contribution in [0.5, 0.6) is 0 Å². The Morgan fingerprint density at radius 3 is 2.50 bits per heavy atom. The Balaban J connectivity index is 1.88. The maximum absolute atomic E-state index is 6.60. The van der Waals surface area contributed by atoms with Crippen LogP contribution in [0.1, 0.15) is 35.1 Å². The maximum Gasteiger partial charge on any atom is 0.166 e. The first-order valence-corrected chi connectivity index (χ1v) is 9.74. The lowest BCUT2D eigenvalue weighted by molar-refractivity contribution is 0.383. The van der Waals surface area contributed by atoms with Crippen molar-refractivity contribution < 1.29 is 0 Å². The Morgan fingerprint density at radius 1 is 1.04 bits per heavy atom. The third kappa shape index (κ3) is 3.30. The van der Waals surface area contributed by atoms with Gasteiger partial charge < -0.3 is 15.2 Å². The van der Waals surface area contributed by atoms with Crippen molar-refractivity contribution in [2.45, 2.75) is 32.9 Å². The van der Waals surface area contributed by atoms with Gasteiger partial charge in [-0.15, -0.1) is 10.2 Å². The fraction of sp³-hybridized carbons (Fsp3) is 0.364. The van der Waals surface area contributed by atoms with Gasteiger partial charge in [0.1, 0.15) is 5.82 Å². The van der Waals surface area contributed by atoms with Crippen LogP contribution in [-0.4, -0.2) is 44.7 Å². The van der Waals surface area contributed by atoms with Gasteiger partial charge >= 0.3 is 0 Å². The molecule has 1 aromatic carbocycles. The summed E-state index contributed by atoms with van der Waals surface area (Å²) in [4.78, 5) is 2.16. The van der Waals surface area contributed by atoms with Crippen molar-refractivity contribution in [3.8, 4) is 0 Å². The van der Waals surface area contributed by atoms with Gasteiger partial charge in [-0.3, -0.25) is 4.40 Å². The minimum absolute atomic E-state index is 0.0849. The predicted octanol–water partition coefficient (Wildman–Crippen LogP) is 3.30. The van der Waals surface area contributed by atoms with Crippen molar-refractivity contribution in [2.24, 2.45) is 5.73 Å². The lowest BCUT2D eigenvalue weighted by Crippen LogP contribution is -2.21. The Kier molecular flexibility index (Phi) is 4.91. The van der Waals surface area contributed by atoms with E-state index in [4.69, 9.17) is 5.73 Å². The zero-order valence-corrected chi connectivity index (χ0v) is 17.1. The van der Waals surface area contributed by atoms with Crippen LogP contribution in [0.25, 0.3) is 16.7 Å². The second kappa shape index (κ2) is 7.37. The van der Waals surface area contributed by atoms with Crippen LogP contribution < -0.4 is 5.73 Å². The number of hydrogen-bond donors (Lipinski definition) is 1. The molecule has 1 atom stereocenters. The number of fused-ring (bicyclic) bond motifs is 3. The number of pyridine rings is 1. The maximum atomic E-state index is 6.60. The van der Waals surface area contributed by atoms with E-state index in [1.807, 2.05) is 6.92 Å². The molecule has 0 spiro atoms. The van der Waals surface area contributed by atoms with Gasteiger partial charge in [-0.25, -0.2) is 0 Å². The van der Waals surface area contributed by atoms with Crippen molar-refractivity contribution in [3.63, 3.8) is 0 Å². The zero-order valence-electron chi connectivity index (χ0n) is 17.1. The fourth-order valence-electron chi connectivity index (χ4n) is 3.86. The standard InChI is InChI=1S/C22H28N6/c1-15-12-21-20(27(15)14-17-8-6-5-7-9-17)13-18(19(23)10-11-26(3)4)22-25-24-16(2)28(21)22/h5-9,12-13,19H,10-11,14,23H2,1-4H3. The van der Waals surface area contributed by atoms with Crippen LogP contribution >= 0.6 is 0 Å². The van der Waals surface area contributed by atoms with E-state index in [9.17, 15) is 0 Å². The smallest absolute Gasteiger partial charge is 0.166 e. The van der Waals surface area contributed by atoms with Gasteiger partial charge in [-0.2, -0.15) is 0 Å². The second-order valence-corrected chi connectivity index (χ2v) is 7.83. The molecule has 1 unspecified atom stereocenters. The van der Waals surface area contributed by atoms with E-state index in [1.54, 1.807) is 0 Å². The van der Waals surface area contributed by atoms with E-state index in [1.165, 1.54) is 16.8 Å². The summed E-state index contributed by atoms with van der Waals surface area (Å²) >= 11 is 0. The molecule has 0 saturated heterocycles. The molecule has 6 nitrogen and oxygen atoms in total. The first kappa shape index (κ1) is 18.7. The molecule has 0 aliphatic carbocycles. The van der Waals surface area contributed by atoms with Crippen LogP contribution in [0, 0.1) is 13.8 Å². The molecule has 0 saturated carbocycles. The van der Waals surface area contributed by atoms with E-state index in [2.05, 4.69) is 87.5 Å². The number of benzene rings is 1. The molecule has 3 heterocycles. The first-order valence-electron chi connectivity index (χ1n) is 9.74. The van der Waals surface area contributed by atoms with Crippen molar-refractivity contribution in [1.29, 1.82) is 0 Å². The van der Waals surface area contributed by atoms with Gasteiger partial charge in [0, 0.05) is 23.8 Å². The molecule has 0 bridgehead atoms. The van der Waals surface area contributed by atoms with Crippen molar-refractivity contribution in [2.75, 3.05) is 20.6 Å². The molecule has 28 heavy (non-hydrogen) atoms. The minimum Gasteiger partial charge on any atom is -0.339 e. The largest absolute Gasteiger partial charge is 0.339 e. The normalized spacial score (nSPS) is 13.1. The highest BCUT2D eigenvalue weighted by molar-refractivity contribution is 5.83. The molecule has 0 aliphatic heterocycles. The van der Waals surface area contributed by atoms with Gasteiger partial charge in [0.25, 0.3) is 0 Å². The third-order valence-electron chi connectivity index (χ3n) is 5.41. The van der Waals surface area contributed by atoms with E-state index in [0.29, 0.717) is 0 Å². The van der Waals surface area contributed by atoms with E-state index >= 15 is 0 Å².